The molecule has 0 saturated carbocycles. The van der Waals surface area contributed by atoms with Crippen LogP contribution in [0.2, 0.25) is 0 Å². The lowest BCUT2D eigenvalue weighted by atomic mass is 9.92. The number of carbonyl (C=O) groups is 1. The molecule has 1 fully saturated rings. The molecule has 0 spiro atoms. The third-order valence-electron chi connectivity index (χ3n) is 5.19. The Bertz CT molecular complexity index is 578. The van der Waals surface area contributed by atoms with Crippen LogP contribution >= 0.6 is 0 Å². The molecule has 1 aromatic rings. The van der Waals surface area contributed by atoms with E-state index in [9.17, 15) is 4.79 Å². The number of nitrogens with zero attached hydrogens (tertiary/aromatic N) is 2. The Morgan fingerprint density at radius 2 is 1.87 bits per heavy atom. The van der Waals surface area contributed by atoms with Crippen molar-refractivity contribution in [1.82, 2.24) is 4.90 Å². The lowest BCUT2D eigenvalue weighted by molar-refractivity contribution is -0.136. The van der Waals surface area contributed by atoms with Crippen molar-refractivity contribution in [3.63, 3.8) is 0 Å². The fourth-order valence-corrected chi connectivity index (χ4v) is 3.61. The van der Waals surface area contributed by atoms with Crippen LogP contribution in [0.5, 0.6) is 5.75 Å². The van der Waals surface area contributed by atoms with E-state index < -0.39 is 5.60 Å². The van der Waals surface area contributed by atoms with E-state index in [0.29, 0.717) is 25.1 Å². The summed E-state index contributed by atoms with van der Waals surface area (Å²) in [5.41, 5.74) is 6.67. The van der Waals surface area contributed by atoms with Gasteiger partial charge in [-0.2, -0.15) is 0 Å². The van der Waals surface area contributed by atoms with Crippen molar-refractivity contribution in [2.45, 2.75) is 45.1 Å². The number of carbonyl (C=O) groups excluding carboxylic acids is 1. The van der Waals surface area contributed by atoms with Gasteiger partial charge in [-0.25, -0.2) is 0 Å². The second-order valence-electron chi connectivity index (χ2n) is 6.54. The predicted octanol–water partition coefficient (Wildman–Crippen LogP) is 2.65. The van der Waals surface area contributed by atoms with Crippen LogP contribution in [0.4, 0.5) is 11.4 Å². The van der Waals surface area contributed by atoms with Crippen molar-refractivity contribution in [3.8, 4) is 5.75 Å². The zero-order valence-corrected chi connectivity index (χ0v) is 14.2. The number of likely N-dealkylation sites (tertiary alicyclic amines) is 1. The van der Waals surface area contributed by atoms with Gasteiger partial charge in [0.25, 0.3) is 5.91 Å². The predicted molar refractivity (Wildman–Crippen MR) is 92.8 cm³/mol. The van der Waals surface area contributed by atoms with Gasteiger partial charge in [0.05, 0.1) is 5.69 Å². The van der Waals surface area contributed by atoms with Crippen LogP contribution in [-0.4, -0.2) is 42.6 Å². The van der Waals surface area contributed by atoms with E-state index in [-0.39, 0.29) is 5.91 Å². The van der Waals surface area contributed by atoms with Crippen molar-refractivity contribution < 1.29 is 9.53 Å². The number of ether oxygens (including phenoxy) is 1. The molecule has 126 valence electrons. The molecule has 0 unspecified atom stereocenters. The molecule has 0 aliphatic carbocycles. The quantitative estimate of drug-likeness (QED) is 0.848. The van der Waals surface area contributed by atoms with Crippen LogP contribution in [-0.2, 0) is 4.79 Å². The fourth-order valence-electron chi connectivity index (χ4n) is 3.61. The summed E-state index contributed by atoms with van der Waals surface area (Å²) in [5, 5.41) is 0. The van der Waals surface area contributed by atoms with E-state index in [1.54, 1.807) is 0 Å². The zero-order valence-electron chi connectivity index (χ0n) is 14.2. The molecule has 0 radical (unpaired) electrons. The van der Waals surface area contributed by atoms with E-state index in [2.05, 4.69) is 4.90 Å². The van der Waals surface area contributed by atoms with Crippen molar-refractivity contribution in [1.29, 1.82) is 0 Å². The van der Waals surface area contributed by atoms with Crippen LogP contribution < -0.4 is 15.4 Å². The van der Waals surface area contributed by atoms with E-state index in [0.717, 1.165) is 31.1 Å². The molecule has 2 N–H and O–H groups in total. The molecular weight excluding hydrogens is 290 g/mol. The lowest BCUT2D eigenvalue weighted by Crippen LogP contribution is -2.56. The highest BCUT2D eigenvalue weighted by Gasteiger charge is 2.45. The monoisotopic (exact) mass is 317 g/mol. The number of hydrogen-bond donors (Lipinski definition) is 1. The number of anilines is 2. The molecule has 5 heteroatoms. The number of rotatable bonds is 5. The van der Waals surface area contributed by atoms with Crippen LogP contribution in [0.3, 0.4) is 0 Å². The summed E-state index contributed by atoms with van der Waals surface area (Å²) in [5.74, 6) is 0.837. The molecule has 3 rings (SSSR count). The molecule has 2 heterocycles. The van der Waals surface area contributed by atoms with Gasteiger partial charge in [0, 0.05) is 18.8 Å². The second-order valence-corrected chi connectivity index (χ2v) is 6.54. The molecule has 5 nitrogen and oxygen atoms in total. The van der Waals surface area contributed by atoms with Gasteiger partial charge < -0.3 is 20.3 Å². The Balaban J connectivity index is 1.90. The summed E-state index contributed by atoms with van der Waals surface area (Å²) in [6.07, 6.45) is 3.86. The molecule has 0 aromatic heterocycles. The summed E-state index contributed by atoms with van der Waals surface area (Å²) < 4.78 is 6.13. The molecule has 1 aromatic carbocycles. The topological polar surface area (TPSA) is 58.8 Å². The standard InChI is InChI=1S/C18H27N3O2/c1-3-18(4-2)17(22)21(12-11-20-9-5-6-10-20)15-13-14(19)7-8-16(15)23-18/h7-8,13H,3-6,9-12,19H2,1-2H3. The summed E-state index contributed by atoms with van der Waals surface area (Å²) in [6.45, 7) is 7.90. The van der Waals surface area contributed by atoms with Crippen molar-refractivity contribution in [2.24, 2.45) is 0 Å². The number of nitrogens with two attached hydrogens (primary N) is 1. The van der Waals surface area contributed by atoms with Crippen LogP contribution in [0, 0.1) is 0 Å². The summed E-state index contributed by atoms with van der Waals surface area (Å²) in [6, 6.07) is 5.58. The highest BCUT2D eigenvalue weighted by Crippen LogP contribution is 2.41. The lowest BCUT2D eigenvalue weighted by Gasteiger charge is -2.42. The average Bonchev–Trinajstić information content (AvgIpc) is 3.07. The first-order chi connectivity index (χ1) is 11.1. The van der Waals surface area contributed by atoms with Crippen LogP contribution in [0.1, 0.15) is 39.5 Å². The molecule has 0 atom stereocenters. The maximum atomic E-state index is 13.1. The maximum absolute atomic E-state index is 13.1. The minimum atomic E-state index is -0.742. The zero-order chi connectivity index (χ0) is 16.4. The Morgan fingerprint density at radius 3 is 2.52 bits per heavy atom. The number of nitrogen functional groups attached to an aromatic ring is 1. The van der Waals surface area contributed by atoms with Gasteiger partial charge in [-0.1, -0.05) is 13.8 Å². The van der Waals surface area contributed by atoms with Gasteiger partial charge >= 0.3 is 0 Å². The first kappa shape index (κ1) is 16.1. The molecule has 1 saturated heterocycles. The second kappa shape index (κ2) is 6.40. The number of benzene rings is 1. The van der Waals surface area contributed by atoms with Gasteiger partial charge in [0.15, 0.2) is 5.60 Å². The highest BCUT2D eigenvalue weighted by atomic mass is 16.5. The number of amides is 1. The third-order valence-corrected chi connectivity index (χ3v) is 5.19. The van der Waals surface area contributed by atoms with Gasteiger partial charge in [-0.3, -0.25) is 4.79 Å². The van der Waals surface area contributed by atoms with E-state index in [1.807, 2.05) is 36.9 Å². The minimum Gasteiger partial charge on any atom is -0.475 e. The Hall–Kier alpha value is -1.75. The smallest absolute Gasteiger partial charge is 0.271 e. The average molecular weight is 317 g/mol. The largest absolute Gasteiger partial charge is 0.475 e. The molecule has 2 aliphatic heterocycles. The molecule has 0 bridgehead atoms. The third kappa shape index (κ3) is 2.90. The summed E-state index contributed by atoms with van der Waals surface area (Å²) in [4.78, 5) is 17.4. The minimum absolute atomic E-state index is 0.0693. The SMILES string of the molecule is CCC1(CC)Oc2ccc(N)cc2N(CCN2CCCC2)C1=O. The van der Waals surface area contributed by atoms with E-state index in [4.69, 9.17) is 10.5 Å². The van der Waals surface area contributed by atoms with Crippen LogP contribution in [0.15, 0.2) is 18.2 Å². The number of fused-ring (bicyclic) bond motifs is 1. The molecule has 1 amide bonds. The van der Waals surface area contributed by atoms with Crippen molar-refractivity contribution >= 4 is 17.3 Å². The summed E-state index contributed by atoms with van der Waals surface area (Å²) in [7, 11) is 0. The Labute approximate surface area is 138 Å². The summed E-state index contributed by atoms with van der Waals surface area (Å²) >= 11 is 0. The Morgan fingerprint density at radius 1 is 1.17 bits per heavy atom. The maximum Gasteiger partial charge on any atom is 0.271 e. The molecule has 2 aliphatic rings. The van der Waals surface area contributed by atoms with Crippen molar-refractivity contribution in [2.75, 3.05) is 36.8 Å². The van der Waals surface area contributed by atoms with Gasteiger partial charge in [-0.15, -0.1) is 0 Å². The number of hydrogen-bond acceptors (Lipinski definition) is 4. The van der Waals surface area contributed by atoms with E-state index >= 15 is 0 Å². The van der Waals surface area contributed by atoms with Gasteiger partial charge in [0.1, 0.15) is 5.75 Å². The normalized spacial score (nSPS) is 20.4. The molecule has 23 heavy (non-hydrogen) atoms. The Kier molecular flexibility index (Phi) is 4.48. The fraction of sp³-hybridized carbons (Fsp3) is 0.611. The first-order valence-electron chi connectivity index (χ1n) is 8.72. The van der Waals surface area contributed by atoms with Gasteiger partial charge in [-0.05, 0) is 57.0 Å². The van der Waals surface area contributed by atoms with Crippen LogP contribution in [0.25, 0.3) is 0 Å². The van der Waals surface area contributed by atoms with Crippen molar-refractivity contribution in [3.05, 3.63) is 18.2 Å². The van der Waals surface area contributed by atoms with Gasteiger partial charge in [0.2, 0.25) is 0 Å². The van der Waals surface area contributed by atoms with E-state index in [1.165, 1.54) is 12.8 Å². The highest BCUT2D eigenvalue weighted by molar-refractivity contribution is 6.03. The molecular formula is C18H27N3O2. The first-order valence-corrected chi connectivity index (χ1v) is 8.72.